The van der Waals surface area contributed by atoms with Crippen molar-refractivity contribution in [3.8, 4) is 0 Å². The maximum atomic E-state index is 3.86. The second kappa shape index (κ2) is 7.94. The van der Waals surface area contributed by atoms with Crippen molar-refractivity contribution >= 4 is 0 Å². The molecule has 21 heavy (non-hydrogen) atoms. The number of hydrogen-bond acceptors (Lipinski definition) is 3. The van der Waals surface area contributed by atoms with Gasteiger partial charge in [0.25, 0.3) is 0 Å². The van der Waals surface area contributed by atoms with Crippen molar-refractivity contribution in [2.45, 2.75) is 70.4 Å². The molecule has 1 aliphatic carbocycles. The zero-order chi connectivity index (χ0) is 14.5. The molecule has 0 aromatic carbocycles. The van der Waals surface area contributed by atoms with E-state index in [0.29, 0.717) is 0 Å². The van der Waals surface area contributed by atoms with Gasteiger partial charge in [0.15, 0.2) is 0 Å². The molecule has 3 fully saturated rings. The summed E-state index contributed by atoms with van der Waals surface area (Å²) < 4.78 is 0. The highest BCUT2D eigenvalue weighted by molar-refractivity contribution is 4.89. The Bertz CT molecular complexity index is 307. The Morgan fingerprint density at radius 3 is 2.76 bits per heavy atom. The van der Waals surface area contributed by atoms with E-state index in [0.717, 1.165) is 18.0 Å². The first-order valence-corrected chi connectivity index (χ1v) is 9.56. The van der Waals surface area contributed by atoms with E-state index in [9.17, 15) is 0 Å². The van der Waals surface area contributed by atoms with Crippen molar-refractivity contribution in [1.82, 2.24) is 15.1 Å². The van der Waals surface area contributed by atoms with Gasteiger partial charge in [-0.3, -0.25) is 4.90 Å². The summed E-state index contributed by atoms with van der Waals surface area (Å²) in [5.41, 5.74) is 0. The average Bonchev–Trinajstić information content (AvgIpc) is 2.85. The van der Waals surface area contributed by atoms with Gasteiger partial charge in [0.1, 0.15) is 0 Å². The minimum Gasteiger partial charge on any atom is -0.314 e. The normalized spacial score (nSPS) is 35.6. The van der Waals surface area contributed by atoms with Gasteiger partial charge in [-0.15, -0.1) is 0 Å². The Morgan fingerprint density at radius 2 is 1.86 bits per heavy atom. The molecular formula is C18H35N3. The van der Waals surface area contributed by atoms with E-state index in [1.807, 2.05) is 0 Å². The van der Waals surface area contributed by atoms with Crippen LogP contribution in [0.3, 0.4) is 0 Å². The number of nitrogens with one attached hydrogen (secondary N) is 1. The van der Waals surface area contributed by atoms with Gasteiger partial charge < -0.3 is 10.2 Å². The van der Waals surface area contributed by atoms with Crippen molar-refractivity contribution in [2.75, 3.05) is 39.3 Å². The highest BCUT2D eigenvalue weighted by Crippen LogP contribution is 2.27. The summed E-state index contributed by atoms with van der Waals surface area (Å²) in [4.78, 5) is 5.53. The molecule has 3 aliphatic rings. The molecule has 0 amide bonds. The van der Waals surface area contributed by atoms with Crippen molar-refractivity contribution < 1.29 is 0 Å². The van der Waals surface area contributed by atoms with Crippen LogP contribution in [0.4, 0.5) is 0 Å². The molecule has 0 aromatic heterocycles. The zero-order valence-corrected chi connectivity index (χ0v) is 14.0. The molecular weight excluding hydrogens is 258 g/mol. The highest BCUT2D eigenvalue weighted by atomic mass is 15.3. The lowest BCUT2D eigenvalue weighted by atomic mass is 9.93. The lowest BCUT2D eigenvalue weighted by molar-refractivity contribution is 0.0838. The van der Waals surface area contributed by atoms with Crippen LogP contribution in [0, 0.1) is 5.92 Å². The summed E-state index contributed by atoms with van der Waals surface area (Å²) >= 11 is 0. The van der Waals surface area contributed by atoms with Gasteiger partial charge in [-0.25, -0.2) is 0 Å². The predicted octanol–water partition coefficient (Wildman–Crippen LogP) is 2.71. The molecule has 122 valence electrons. The van der Waals surface area contributed by atoms with E-state index in [2.05, 4.69) is 22.0 Å². The topological polar surface area (TPSA) is 18.5 Å². The second-order valence-electron chi connectivity index (χ2n) is 7.55. The van der Waals surface area contributed by atoms with Crippen LogP contribution in [0.25, 0.3) is 0 Å². The van der Waals surface area contributed by atoms with Gasteiger partial charge in [0, 0.05) is 38.3 Å². The van der Waals surface area contributed by atoms with Crippen LogP contribution in [0.5, 0.6) is 0 Å². The van der Waals surface area contributed by atoms with E-state index >= 15 is 0 Å². The minimum absolute atomic E-state index is 0.786. The molecule has 3 rings (SSSR count). The first kappa shape index (κ1) is 15.8. The van der Waals surface area contributed by atoms with Crippen LogP contribution in [0.2, 0.25) is 0 Å². The maximum absolute atomic E-state index is 3.86. The van der Waals surface area contributed by atoms with Crippen LogP contribution in [0.15, 0.2) is 0 Å². The molecule has 3 unspecified atom stereocenters. The van der Waals surface area contributed by atoms with Crippen LogP contribution >= 0.6 is 0 Å². The molecule has 3 atom stereocenters. The van der Waals surface area contributed by atoms with Gasteiger partial charge in [-0.1, -0.05) is 26.2 Å². The molecule has 2 aliphatic heterocycles. The Hall–Kier alpha value is -0.120. The number of piperazine rings is 1. The van der Waals surface area contributed by atoms with Gasteiger partial charge >= 0.3 is 0 Å². The molecule has 3 nitrogen and oxygen atoms in total. The van der Waals surface area contributed by atoms with Gasteiger partial charge in [-0.05, 0) is 51.1 Å². The zero-order valence-electron chi connectivity index (χ0n) is 14.0. The van der Waals surface area contributed by atoms with E-state index in [4.69, 9.17) is 0 Å². The van der Waals surface area contributed by atoms with E-state index in [-0.39, 0.29) is 0 Å². The van der Waals surface area contributed by atoms with E-state index in [1.54, 1.807) is 0 Å². The molecule has 2 heterocycles. The van der Waals surface area contributed by atoms with Crippen LogP contribution < -0.4 is 5.32 Å². The minimum atomic E-state index is 0.786. The van der Waals surface area contributed by atoms with Crippen molar-refractivity contribution in [1.29, 1.82) is 0 Å². The highest BCUT2D eigenvalue weighted by Gasteiger charge is 2.32. The van der Waals surface area contributed by atoms with Crippen LogP contribution in [-0.4, -0.2) is 61.2 Å². The Balaban J connectivity index is 1.53. The molecule has 0 radical (unpaired) electrons. The van der Waals surface area contributed by atoms with E-state index < -0.39 is 0 Å². The maximum Gasteiger partial charge on any atom is 0.0224 e. The molecule has 2 saturated heterocycles. The summed E-state index contributed by atoms with van der Waals surface area (Å²) in [5.74, 6) is 0.895. The smallest absolute Gasteiger partial charge is 0.0224 e. The lowest BCUT2D eigenvalue weighted by Gasteiger charge is -2.40. The second-order valence-corrected chi connectivity index (χ2v) is 7.55. The molecule has 1 saturated carbocycles. The first-order chi connectivity index (χ1) is 10.4. The fourth-order valence-corrected chi connectivity index (χ4v) is 4.75. The summed E-state index contributed by atoms with van der Waals surface area (Å²) in [6, 6.07) is 1.67. The lowest BCUT2D eigenvalue weighted by Crippen LogP contribution is -2.52. The third-order valence-electron chi connectivity index (χ3n) is 5.98. The Labute approximate surface area is 131 Å². The monoisotopic (exact) mass is 293 g/mol. The van der Waals surface area contributed by atoms with Gasteiger partial charge in [0.05, 0.1) is 0 Å². The van der Waals surface area contributed by atoms with E-state index in [1.165, 1.54) is 90.6 Å². The number of fused-ring (bicyclic) bond motifs is 1. The molecule has 0 aromatic rings. The summed E-state index contributed by atoms with van der Waals surface area (Å²) in [6.45, 7) is 10.2. The number of nitrogens with zero attached hydrogens (tertiary/aromatic N) is 2. The predicted molar refractivity (Wildman–Crippen MR) is 89.7 cm³/mol. The third kappa shape index (κ3) is 4.20. The molecule has 1 N–H and O–H groups in total. The molecule has 0 spiro atoms. The van der Waals surface area contributed by atoms with Gasteiger partial charge in [0.2, 0.25) is 0 Å². The first-order valence-electron chi connectivity index (χ1n) is 9.56. The molecule has 0 bridgehead atoms. The SMILES string of the molecule is CCCNC1CCCCCC1CN1CCN2CCCC2C1. The largest absolute Gasteiger partial charge is 0.314 e. The number of hydrogen-bond donors (Lipinski definition) is 1. The van der Waals surface area contributed by atoms with Gasteiger partial charge in [-0.2, -0.15) is 0 Å². The Morgan fingerprint density at radius 1 is 0.952 bits per heavy atom. The number of rotatable bonds is 5. The summed E-state index contributed by atoms with van der Waals surface area (Å²) in [5, 5.41) is 3.86. The fraction of sp³-hybridized carbons (Fsp3) is 1.00. The summed E-state index contributed by atoms with van der Waals surface area (Å²) in [6.07, 6.45) is 11.4. The third-order valence-corrected chi connectivity index (χ3v) is 5.98. The average molecular weight is 293 g/mol. The quantitative estimate of drug-likeness (QED) is 0.786. The standard InChI is InChI=1S/C18H35N3/c1-2-10-19-18-9-5-3-4-7-16(18)14-20-12-13-21-11-6-8-17(21)15-20/h16-19H,2-15H2,1H3. The summed E-state index contributed by atoms with van der Waals surface area (Å²) in [7, 11) is 0. The Kier molecular flexibility index (Phi) is 5.96. The molecule has 3 heteroatoms. The fourth-order valence-electron chi connectivity index (χ4n) is 4.75. The van der Waals surface area contributed by atoms with Crippen molar-refractivity contribution in [3.05, 3.63) is 0 Å². The van der Waals surface area contributed by atoms with Crippen LogP contribution in [0.1, 0.15) is 58.3 Å². The van der Waals surface area contributed by atoms with Crippen LogP contribution in [-0.2, 0) is 0 Å². The van der Waals surface area contributed by atoms with Crippen molar-refractivity contribution in [3.63, 3.8) is 0 Å². The van der Waals surface area contributed by atoms with Crippen molar-refractivity contribution in [2.24, 2.45) is 5.92 Å².